The molecule has 1 aliphatic heterocycles. The molecule has 0 radical (unpaired) electrons. The molecule has 2 nitrogen and oxygen atoms in total. The van der Waals surface area contributed by atoms with Gasteiger partial charge in [-0.05, 0) is 43.6 Å². The average molecular weight is 271 g/mol. The van der Waals surface area contributed by atoms with Gasteiger partial charge >= 0.3 is 0 Å². The average Bonchev–Trinajstić information content (AvgIpc) is 2.70. The molecule has 1 atom stereocenters. The Hall–Kier alpha value is -0.640. The Balaban J connectivity index is 1.98. The van der Waals surface area contributed by atoms with Crippen LogP contribution < -0.4 is 5.32 Å². The van der Waals surface area contributed by atoms with Crippen LogP contribution in [0, 0.1) is 11.2 Å². The topological polar surface area (TPSA) is 15.3 Å². The van der Waals surface area contributed by atoms with E-state index in [2.05, 4.69) is 17.1 Å². The van der Waals surface area contributed by atoms with Gasteiger partial charge in [-0.3, -0.25) is 0 Å². The van der Waals surface area contributed by atoms with Crippen LogP contribution in [0.2, 0.25) is 5.02 Å². The molecule has 0 bridgehead atoms. The van der Waals surface area contributed by atoms with Crippen molar-refractivity contribution in [2.24, 2.45) is 5.41 Å². The van der Waals surface area contributed by atoms with Crippen molar-refractivity contribution in [1.29, 1.82) is 0 Å². The Morgan fingerprint density at radius 2 is 2.28 bits per heavy atom. The van der Waals surface area contributed by atoms with Gasteiger partial charge in [0.05, 0.1) is 0 Å². The summed E-state index contributed by atoms with van der Waals surface area (Å²) in [6, 6.07) is 4.73. The van der Waals surface area contributed by atoms with E-state index in [0.29, 0.717) is 22.5 Å². The molecule has 1 fully saturated rings. The van der Waals surface area contributed by atoms with Crippen molar-refractivity contribution in [3.05, 3.63) is 34.6 Å². The molecule has 1 N–H and O–H groups in total. The summed E-state index contributed by atoms with van der Waals surface area (Å²) in [5, 5.41) is 3.97. The highest BCUT2D eigenvalue weighted by atomic mass is 35.5. The number of hydrogen-bond donors (Lipinski definition) is 1. The Bertz CT molecular complexity index is 416. The molecular formula is C14H20ClFN2. The lowest BCUT2D eigenvalue weighted by Gasteiger charge is -2.29. The van der Waals surface area contributed by atoms with Crippen molar-refractivity contribution in [3.63, 3.8) is 0 Å². The van der Waals surface area contributed by atoms with E-state index in [1.54, 1.807) is 12.1 Å². The van der Waals surface area contributed by atoms with Gasteiger partial charge in [-0.25, -0.2) is 4.39 Å². The largest absolute Gasteiger partial charge is 0.316 e. The first-order valence-corrected chi connectivity index (χ1v) is 6.69. The van der Waals surface area contributed by atoms with Gasteiger partial charge in [0.1, 0.15) is 5.82 Å². The molecule has 0 amide bonds. The van der Waals surface area contributed by atoms with Gasteiger partial charge in [0.25, 0.3) is 0 Å². The molecule has 0 aromatic heterocycles. The van der Waals surface area contributed by atoms with E-state index in [9.17, 15) is 4.39 Å². The van der Waals surface area contributed by atoms with Crippen LogP contribution in [0.3, 0.4) is 0 Å². The fraction of sp³-hybridized carbons (Fsp3) is 0.571. The zero-order valence-electron chi connectivity index (χ0n) is 11.0. The molecule has 1 saturated heterocycles. The Morgan fingerprint density at radius 3 is 2.94 bits per heavy atom. The maximum atomic E-state index is 13.6. The number of halogens is 2. The van der Waals surface area contributed by atoms with Crippen LogP contribution in [-0.2, 0) is 6.54 Å². The van der Waals surface area contributed by atoms with Crippen LogP contribution in [0.4, 0.5) is 4.39 Å². The summed E-state index contributed by atoms with van der Waals surface area (Å²) in [5.41, 5.74) is 0.962. The summed E-state index contributed by atoms with van der Waals surface area (Å²) in [4.78, 5) is 2.17. The minimum atomic E-state index is -0.180. The molecular weight excluding hydrogens is 251 g/mol. The lowest BCUT2D eigenvalue weighted by molar-refractivity contribution is 0.201. The van der Waals surface area contributed by atoms with E-state index < -0.39 is 0 Å². The molecule has 4 heteroatoms. The van der Waals surface area contributed by atoms with Crippen LogP contribution >= 0.6 is 11.6 Å². The monoisotopic (exact) mass is 270 g/mol. The summed E-state index contributed by atoms with van der Waals surface area (Å²) < 4.78 is 13.6. The maximum Gasteiger partial charge on any atom is 0.127 e. The molecule has 18 heavy (non-hydrogen) atoms. The normalized spacial score (nSPS) is 23.8. The van der Waals surface area contributed by atoms with Crippen LogP contribution in [0.1, 0.15) is 18.9 Å². The van der Waals surface area contributed by atoms with Crippen LogP contribution in [0.25, 0.3) is 0 Å². The number of nitrogens with zero attached hydrogens (tertiary/aromatic N) is 1. The molecule has 0 saturated carbocycles. The van der Waals surface area contributed by atoms with Gasteiger partial charge in [0, 0.05) is 30.2 Å². The summed E-state index contributed by atoms with van der Waals surface area (Å²) in [5.74, 6) is -0.180. The van der Waals surface area contributed by atoms with Crippen molar-refractivity contribution in [2.45, 2.75) is 19.9 Å². The zero-order chi connectivity index (χ0) is 13.2. The van der Waals surface area contributed by atoms with E-state index >= 15 is 0 Å². The number of benzene rings is 1. The summed E-state index contributed by atoms with van der Waals surface area (Å²) >= 11 is 5.90. The molecule has 1 aromatic rings. The van der Waals surface area contributed by atoms with E-state index in [0.717, 1.165) is 19.6 Å². The fourth-order valence-corrected chi connectivity index (χ4v) is 2.86. The smallest absolute Gasteiger partial charge is 0.127 e. The quantitative estimate of drug-likeness (QED) is 0.905. The van der Waals surface area contributed by atoms with Gasteiger partial charge in [0.2, 0.25) is 0 Å². The van der Waals surface area contributed by atoms with E-state index in [1.165, 1.54) is 12.5 Å². The van der Waals surface area contributed by atoms with Gasteiger partial charge in [-0.2, -0.15) is 0 Å². The highest BCUT2D eigenvalue weighted by Crippen LogP contribution is 2.26. The summed E-state index contributed by atoms with van der Waals surface area (Å²) in [6.45, 7) is 5.96. The highest BCUT2D eigenvalue weighted by molar-refractivity contribution is 6.30. The predicted octanol–water partition coefficient (Wildman–Crippen LogP) is 2.91. The number of nitrogens with one attached hydrogen (secondary N) is 1. The lowest BCUT2D eigenvalue weighted by Crippen LogP contribution is -2.34. The number of hydrogen-bond acceptors (Lipinski definition) is 2. The minimum absolute atomic E-state index is 0.180. The molecule has 100 valence electrons. The fourth-order valence-electron chi connectivity index (χ4n) is 2.67. The van der Waals surface area contributed by atoms with Gasteiger partial charge in [0.15, 0.2) is 0 Å². The van der Waals surface area contributed by atoms with Crippen LogP contribution in [-0.4, -0.2) is 31.6 Å². The van der Waals surface area contributed by atoms with Gasteiger partial charge in [-0.1, -0.05) is 18.5 Å². The Labute approximate surface area is 113 Å². The lowest BCUT2D eigenvalue weighted by atomic mass is 9.89. The second-order valence-corrected chi connectivity index (χ2v) is 6.08. The third-order valence-electron chi connectivity index (χ3n) is 3.56. The highest BCUT2D eigenvalue weighted by Gasteiger charge is 2.29. The first kappa shape index (κ1) is 13.8. The van der Waals surface area contributed by atoms with E-state index in [4.69, 9.17) is 11.6 Å². The molecule has 1 aromatic carbocycles. The predicted molar refractivity (Wildman–Crippen MR) is 73.3 cm³/mol. The zero-order valence-corrected chi connectivity index (χ0v) is 11.7. The first-order valence-electron chi connectivity index (χ1n) is 6.32. The van der Waals surface area contributed by atoms with Crippen molar-refractivity contribution in [3.8, 4) is 0 Å². The van der Waals surface area contributed by atoms with Gasteiger partial charge in [-0.15, -0.1) is 0 Å². The maximum absolute atomic E-state index is 13.6. The second-order valence-electron chi connectivity index (χ2n) is 5.65. The summed E-state index contributed by atoms with van der Waals surface area (Å²) in [7, 11) is 2.03. The third kappa shape index (κ3) is 3.44. The molecule has 0 aliphatic carbocycles. The molecule has 2 rings (SSSR count). The van der Waals surface area contributed by atoms with Crippen LogP contribution in [0.15, 0.2) is 18.2 Å². The van der Waals surface area contributed by atoms with E-state index in [1.807, 2.05) is 7.05 Å². The minimum Gasteiger partial charge on any atom is -0.316 e. The Morgan fingerprint density at radius 1 is 1.50 bits per heavy atom. The van der Waals surface area contributed by atoms with E-state index in [-0.39, 0.29) is 5.82 Å². The third-order valence-corrected chi connectivity index (χ3v) is 3.79. The molecule has 0 spiro atoms. The van der Waals surface area contributed by atoms with Crippen molar-refractivity contribution >= 4 is 11.6 Å². The van der Waals surface area contributed by atoms with Crippen molar-refractivity contribution in [2.75, 3.05) is 26.7 Å². The Kier molecular flexibility index (Phi) is 4.25. The van der Waals surface area contributed by atoms with Crippen molar-refractivity contribution in [1.82, 2.24) is 10.2 Å². The molecule has 1 heterocycles. The second kappa shape index (κ2) is 5.55. The standard InChI is InChI=1S/C14H20ClFN2/c1-14(5-6-17-9-14)10-18(2)8-11-7-12(15)3-4-13(11)16/h3-4,7,17H,5-6,8-10H2,1-2H3. The molecule has 1 aliphatic rings. The number of rotatable bonds is 4. The van der Waals surface area contributed by atoms with Crippen molar-refractivity contribution < 1.29 is 4.39 Å². The first-order chi connectivity index (χ1) is 8.48. The SMILES string of the molecule is CN(Cc1cc(Cl)ccc1F)CC1(C)CCNC1. The summed E-state index contributed by atoms with van der Waals surface area (Å²) in [6.07, 6.45) is 1.18. The van der Waals surface area contributed by atoms with Crippen LogP contribution in [0.5, 0.6) is 0 Å². The molecule has 1 unspecified atom stereocenters. The van der Waals surface area contributed by atoms with Gasteiger partial charge < -0.3 is 10.2 Å².